The number of rotatable bonds is 8. The Morgan fingerprint density at radius 2 is 1.79 bits per heavy atom. The summed E-state index contributed by atoms with van der Waals surface area (Å²) in [6, 6.07) is 5.18. The van der Waals surface area contributed by atoms with Gasteiger partial charge in [0.15, 0.2) is 0 Å². The summed E-state index contributed by atoms with van der Waals surface area (Å²) in [6.45, 7) is 6.60. The number of carboxylic acids is 1. The van der Waals surface area contributed by atoms with Crippen molar-refractivity contribution in [2.45, 2.75) is 82.9 Å². The highest BCUT2D eigenvalue weighted by atomic mass is 35.5. The predicted molar refractivity (Wildman–Crippen MR) is 132 cm³/mol. The molecule has 1 aromatic heterocycles. The van der Waals surface area contributed by atoms with Crippen molar-refractivity contribution in [1.29, 1.82) is 0 Å². The molecule has 1 N–H and O–H groups in total. The van der Waals surface area contributed by atoms with Crippen LogP contribution in [0, 0.1) is 0 Å². The lowest BCUT2D eigenvalue weighted by Gasteiger charge is -2.33. The number of benzene rings is 1. The molecular formula is C27H33ClN2O4. The maximum absolute atomic E-state index is 12.5. The average molecular weight is 485 g/mol. The van der Waals surface area contributed by atoms with Gasteiger partial charge in [0, 0.05) is 43.5 Å². The molecule has 0 unspecified atom stereocenters. The molecule has 3 aliphatic rings. The second-order valence-corrected chi connectivity index (χ2v) is 10.7. The monoisotopic (exact) mass is 484 g/mol. The van der Waals surface area contributed by atoms with Crippen molar-refractivity contribution >= 4 is 17.6 Å². The molecule has 0 bridgehead atoms. The lowest BCUT2D eigenvalue weighted by atomic mass is 9.95. The van der Waals surface area contributed by atoms with E-state index in [4.69, 9.17) is 21.4 Å². The number of likely N-dealkylation sites (tertiary alicyclic amines) is 1. The van der Waals surface area contributed by atoms with Crippen molar-refractivity contribution < 1.29 is 14.6 Å². The molecule has 2 saturated carbocycles. The summed E-state index contributed by atoms with van der Waals surface area (Å²) >= 11 is 7.02. The SMILES string of the molecule is CC(C)Oc1c(CN2CCC(n3ccc(C(=O)O)cc3=O)CC2)cc(C2CC2)c(C2CC2)c1Cl. The Hall–Kier alpha value is -2.31. The minimum atomic E-state index is -1.07. The van der Waals surface area contributed by atoms with Crippen LogP contribution in [0.5, 0.6) is 5.75 Å². The third-order valence-electron chi connectivity index (χ3n) is 7.26. The third kappa shape index (κ3) is 4.89. The van der Waals surface area contributed by atoms with Gasteiger partial charge in [0.1, 0.15) is 5.75 Å². The molecule has 0 spiro atoms. The van der Waals surface area contributed by atoms with Gasteiger partial charge >= 0.3 is 5.97 Å². The number of carboxylic acid groups (broad SMARTS) is 1. The van der Waals surface area contributed by atoms with Crippen LogP contribution in [-0.2, 0) is 6.54 Å². The van der Waals surface area contributed by atoms with Crippen molar-refractivity contribution in [2.75, 3.05) is 13.1 Å². The van der Waals surface area contributed by atoms with Gasteiger partial charge in [0.25, 0.3) is 5.56 Å². The quantitative estimate of drug-likeness (QED) is 0.529. The predicted octanol–water partition coefficient (Wildman–Crippen LogP) is 5.58. The van der Waals surface area contributed by atoms with E-state index in [1.807, 2.05) is 13.8 Å². The number of pyridine rings is 1. The first-order valence-corrected chi connectivity index (χ1v) is 12.9. The van der Waals surface area contributed by atoms with E-state index in [9.17, 15) is 9.59 Å². The van der Waals surface area contributed by atoms with Crippen LogP contribution in [0.15, 0.2) is 29.2 Å². The molecular weight excluding hydrogens is 452 g/mol. The van der Waals surface area contributed by atoms with Crippen LogP contribution in [0.1, 0.15) is 97.3 Å². The molecule has 3 fully saturated rings. The Kier molecular flexibility index (Phi) is 6.47. The summed E-state index contributed by atoms with van der Waals surface area (Å²) in [5.74, 6) is 1.01. The summed E-state index contributed by atoms with van der Waals surface area (Å²) in [5.41, 5.74) is 3.74. The molecule has 0 amide bonds. The van der Waals surface area contributed by atoms with Crippen LogP contribution in [0.3, 0.4) is 0 Å². The number of carbonyl (C=O) groups is 1. The minimum Gasteiger partial charge on any atom is -0.489 e. The highest BCUT2D eigenvalue weighted by Crippen LogP contribution is 2.54. The van der Waals surface area contributed by atoms with Crippen LogP contribution in [-0.4, -0.2) is 39.7 Å². The van der Waals surface area contributed by atoms with E-state index in [0.717, 1.165) is 43.2 Å². The largest absolute Gasteiger partial charge is 0.489 e. The Labute approximate surface area is 205 Å². The van der Waals surface area contributed by atoms with Crippen LogP contribution in [0.25, 0.3) is 0 Å². The summed E-state index contributed by atoms with van der Waals surface area (Å²) in [5, 5.41) is 9.95. The van der Waals surface area contributed by atoms with Gasteiger partial charge in [-0.25, -0.2) is 4.79 Å². The van der Waals surface area contributed by atoms with Gasteiger partial charge in [-0.1, -0.05) is 17.7 Å². The molecule has 2 aliphatic carbocycles. The first-order valence-electron chi connectivity index (χ1n) is 12.5. The summed E-state index contributed by atoms with van der Waals surface area (Å²) in [6.07, 6.45) is 8.31. The summed E-state index contributed by atoms with van der Waals surface area (Å²) < 4.78 is 7.96. The van der Waals surface area contributed by atoms with Crippen LogP contribution < -0.4 is 10.3 Å². The molecule has 2 aromatic rings. The van der Waals surface area contributed by atoms with Crippen molar-refractivity contribution in [2.24, 2.45) is 0 Å². The van der Waals surface area contributed by atoms with E-state index in [-0.39, 0.29) is 23.3 Å². The van der Waals surface area contributed by atoms with Crippen molar-refractivity contribution in [3.63, 3.8) is 0 Å². The van der Waals surface area contributed by atoms with E-state index in [1.54, 1.807) is 10.8 Å². The molecule has 1 aliphatic heterocycles. The molecule has 182 valence electrons. The first-order chi connectivity index (χ1) is 16.3. The molecule has 2 heterocycles. The van der Waals surface area contributed by atoms with Gasteiger partial charge < -0.3 is 14.4 Å². The number of nitrogens with zero attached hydrogens (tertiary/aromatic N) is 2. The topological polar surface area (TPSA) is 71.8 Å². The third-order valence-corrected chi connectivity index (χ3v) is 7.64. The van der Waals surface area contributed by atoms with E-state index < -0.39 is 5.97 Å². The zero-order chi connectivity index (χ0) is 24.0. The lowest BCUT2D eigenvalue weighted by molar-refractivity contribution is 0.0696. The smallest absolute Gasteiger partial charge is 0.335 e. The molecule has 6 nitrogen and oxygen atoms in total. The number of aromatic carboxylic acids is 1. The molecule has 1 aromatic carbocycles. The van der Waals surface area contributed by atoms with E-state index in [1.165, 1.54) is 54.5 Å². The number of hydrogen-bond acceptors (Lipinski definition) is 4. The zero-order valence-electron chi connectivity index (χ0n) is 19.9. The number of hydrogen-bond donors (Lipinski definition) is 1. The van der Waals surface area contributed by atoms with Gasteiger partial charge in [0.05, 0.1) is 16.7 Å². The van der Waals surface area contributed by atoms with Crippen molar-refractivity contribution in [1.82, 2.24) is 9.47 Å². The lowest BCUT2D eigenvalue weighted by Crippen LogP contribution is -2.37. The van der Waals surface area contributed by atoms with Crippen molar-refractivity contribution in [3.8, 4) is 5.75 Å². The molecule has 5 rings (SSSR count). The summed E-state index contributed by atoms with van der Waals surface area (Å²) in [7, 11) is 0. The second kappa shape index (κ2) is 9.38. The van der Waals surface area contributed by atoms with Gasteiger partial charge in [0.2, 0.25) is 0 Å². The average Bonchev–Trinajstić information content (AvgIpc) is 3.69. The molecule has 7 heteroatoms. The maximum Gasteiger partial charge on any atom is 0.335 e. The highest BCUT2D eigenvalue weighted by Gasteiger charge is 2.37. The fourth-order valence-electron chi connectivity index (χ4n) is 5.24. The standard InChI is InChI=1S/C27H33ClN2O4/c1-16(2)34-26-20(13-22(17-3-4-17)24(25(26)28)18-5-6-18)15-29-10-8-21(9-11-29)30-12-7-19(27(32)33)14-23(30)31/h7,12-14,16-18,21H,3-6,8-11,15H2,1-2H3,(H,32,33). The normalized spacial score (nSPS) is 19.5. The molecule has 1 saturated heterocycles. The Bertz CT molecular complexity index is 1140. The Balaban J connectivity index is 1.34. The molecule has 34 heavy (non-hydrogen) atoms. The van der Waals surface area contributed by atoms with Crippen LogP contribution >= 0.6 is 11.6 Å². The van der Waals surface area contributed by atoms with Crippen LogP contribution in [0.4, 0.5) is 0 Å². The zero-order valence-corrected chi connectivity index (χ0v) is 20.7. The van der Waals surface area contributed by atoms with Gasteiger partial charge in [-0.3, -0.25) is 9.69 Å². The van der Waals surface area contributed by atoms with Gasteiger partial charge in [-0.05, 0) is 81.4 Å². The molecule has 0 radical (unpaired) electrons. The Morgan fingerprint density at radius 3 is 2.35 bits per heavy atom. The fraction of sp³-hybridized carbons (Fsp3) is 0.556. The fourth-order valence-corrected chi connectivity index (χ4v) is 5.67. The van der Waals surface area contributed by atoms with Gasteiger partial charge in [-0.2, -0.15) is 0 Å². The number of aromatic nitrogens is 1. The number of ether oxygens (including phenoxy) is 1. The highest BCUT2D eigenvalue weighted by molar-refractivity contribution is 6.33. The maximum atomic E-state index is 12.5. The van der Waals surface area contributed by atoms with Gasteiger partial charge in [-0.15, -0.1) is 0 Å². The number of piperidine rings is 1. The van der Waals surface area contributed by atoms with E-state index in [0.29, 0.717) is 11.8 Å². The molecule has 0 atom stereocenters. The van der Waals surface area contributed by atoms with Crippen molar-refractivity contribution in [3.05, 3.63) is 62.0 Å². The number of halogens is 1. The van der Waals surface area contributed by atoms with E-state index >= 15 is 0 Å². The van der Waals surface area contributed by atoms with E-state index in [2.05, 4.69) is 11.0 Å². The van der Waals surface area contributed by atoms with Crippen LogP contribution in [0.2, 0.25) is 5.02 Å². The second-order valence-electron chi connectivity index (χ2n) is 10.4. The Morgan fingerprint density at radius 1 is 1.12 bits per heavy atom. The summed E-state index contributed by atoms with van der Waals surface area (Å²) in [4.78, 5) is 26.0. The first kappa shape index (κ1) is 23.4. The minimum absolute atomic E-state index is 0.0364.